The topological polar surface area (TPSA) is 67.6 Å². The maximum Gasteiger partial charge on any atom is 0.182 e. The molecular weight excluding hydrogens is 410 g/mol. The lowest BCUT2D eigenvalue weighted by Gasteiger charge is -2.25. The number of pyridine rings is 1. The zero-order valence-electron chi connectivity index (χ0n) is 18.6. The van der Waals surface area contributed by atoms with Crippen molar-refractivity contribution in [3.63, 3.8) is 0 Å². The first-order valence-corrected chi connectivity index (χ1v) is 11.6. The number of hydrogen-bond donors (Lipinski definition) is 1. The van der Waals surface area contributed by atoms with Crippen molar-refractivity contribution in [1.29, 1.82) is 0 Å². The van der Waals surface area contributed by atoms with Crippen molar-refractivity contribution in [3.05, 3.63) is 84.8 Å². The van der Waals surface area contributed by atoms with Gasteiger partial charge in [0, 0.05) is 41.9 Å². The number of fused-ring (bicyclic) bond motifs is 1. The van der Waals surface area contributed by atoms with E-state index >= 15 is 0 Å². The molecule has 0 spiro atoms. The van der Waals surface area contributed by atoms with E-state index in [1.165, 1.54) is 54.5 Å². The molecule has 7 heteroatoms. The van der Waals surface area contributed by atoms with Gasteiger partial charge in [-0.3, -0.25) is 9.88 Å². The van der Waals surface area contributed by atoms with E-state index in [4.69, 9.17) is 5.10 Å². The summed E-state index contributed by atoms with van der Waals surface area (Å²) in [7, 11) is 0. The molecule has 0 bridgehead atoms. The zero-order chi connectivity index (χ0) is 22.0. The van der Waals surface area contributed by atoms with Crippen LogP contribution in [0.5, 0.6) is 0 Å². The minimum absolute atomic E-state index is 0.675. The second kappa shape index (κ2) is 8.67. The molecule has 0 saturated carbocycles. The Balaban J connectivity index is 1.18. The van der Waals surface area contributed by atoms with Gasteiger partial charge in [-0.05, 0) is 67.2 Å². The van der Waals surface area contributed by atoms with E-state index in [1.54, 1.807) is 6.33 Å². The fourth-order valence-electron chi connectivity index (χ4n) is 4.66. The molecule has 0 atom stereocenters. The first-order chi connectivity index (χ1) is 16.3. The maximum absolute atomic E-state index is 4.70. The molecule has 0 aliphatic carbocycles. The summed E-state index contributed by atoms with van der Waals surface area (Å²) in [5.41, 5.74) is 5.57. The van der Waals surface area contributed by atoms with Crippen LogP contribution in [-0.2, 0) is 13.1 Å². The van der Waals surface area contributed by atoms with E-state index < -0.39 is 0 Å². The standard InChI is InChI=1S/C26H27N7/c1-2-8-31(9-3-1)18-23-13-21-7-6-20(12-25(21)29-23)17-33-19-28-26(30-33)22-14-24(16-27-15-22)32-10-4-5-11-32/h4-7,10-16,19,29H,1-3,8-9,17-18H2. The van der Waals surface area contributed by atoms with Crippen molar-refractivity contribution in [2.45, 2.75) is 32.4 Å². The second-order valence-corrected chi connectivity index (χ2v) is 8.84. The van der Waals surface area contributed by atoms with E-state index in [0.717, 1.165) is 17.8 Å². The lowest BCUT2D eigenvalue weighted by molar-refractivity contribution is 0.219. The molecule has 1 fully saturated rings. The van der Waals surface area contributed by atoms with Gasteiger partial charge >= 0.3 is 0 Å². The van der Waals surface area contributed by atoms with Gasteiger partial charge in [0.1, 0.15) is 6.33 Å². The summed E-state index contributed by atoms with van der Waals surface area (Å²) >= 11 is 0. The van der Waals surface area contributed by atoms with Crippen molar-refractivity contribution >= 4 is 10.9 Å². The van der Waals surface area contributed by atoms with Crippen LogP contribution in [0.3, 0.4) is 0 Å². The van der Waals surface area contributed by atoms with Crippen LogP contribution >= 0.6 is 0 Å². The van der Waals surface area contributed by atoms with Gasteiger partial charge in [-0.15, -0.1) is 0 Å². The van der Waals surface area contributed by atoms with Crippen molar-refractivity contribution in [1.82, 2.24) is 34.2 Å². The number of nitrogens with one attached hydrogen (secondary N) is 1. The fourth-order valence-corrected chi connectivity index (χ4v) is 4.66. The lowest BCUT2D eigenvalue weighted by atomic mass is 10.1. The smallest absolute Gasteiger partial charge is 0.182 e. The van der Waals surface area contributed by atoms with Crippen LogP contribution in [0.25, 0.3) is 28.0 Å². The summed E-state index contributed by atoms with van der Waals surface area (Å²) in [5, 5.41) is 5.96. The number of aromatic nitrogens is 6. The molecule has 6 rings (SSSR count). The Morgan fingerprint density at radius 3 is 2.67 bits per heavy atom. The Morgan fingerprint density at radius 2 is 1.79 bits per heavy atom. The molecule has 1 aliphatic rings. The van der Waals surface area contributed by atoms with E-state index in [-0.39, 0.29) is 0 Å². The molecule has 1 N–H and O–H groups in total. The monoisotopic (exact) mass is 437 g/mol. The summed E-state index contributed by atoms with van der Waals surface area (Å²) in [6.45, 7) is 4.10. The maximum atomic E-state index is 4.70. The SMILES string of the molecule is c1ccn(-c2cncc(-c3ncn(Cc4ccc5cc(CN6CCCCC6)[nH]c5c4)n3)c2)c1. The minimum Gasteiger partial charge on any atom is -0.357 e. The number of likely N-dealkylation sites (tertiary alicyclic amines) is 1. The molecule has 166 valence electrons. The highest BCUT2D eigenvalue weighted by Gasteiger charge is 2.12. The van der Waals surface area contributed by atoms with Crippen LogP contribution in [-0.4, -0.2) is 47.3 Å². The summed E-state index contributed by atoms with van der Waals surface area (Å²) < 4.78 is 3.91. The largest absolute Gasteiger partial charge is 0.357 e. The highest BCUT2D eigenvalue weighted by atomic mass is 15.3. The highest BCUT2D eigenvalue weighted by Crippen LogP contribution is 2.21. The van der Waals surface area contributed by atoms with Crippen molar-refractivity contribution in [2.75, 3.05) is 13.1 Å². The third-order valence-corrected chi connectivity index (χ3v) is 6.35. The number of rotatable bonds is 6. The lowest BCUT2D eigenvalue weighted by Crippen LogP contribution is -2.29. The predicted octanol–water partition coefficient (Wildman–Crippen LogP) is 4.65. The molecule has 1 saturated heterocycles. The molecule has 7 nitrogen and oxygen atoms in total. The number of hydrogen-bond acceptors (Lipinski definition) is 4. The van der Waals surface area contributed by atoms with Gasteiger partial charge in [0.15, 0.2) is 5.82 Å². The van der Waals surface area contributed by atoms with Crippen LogP contribution in [0.2, 0.25) is 0 Å². The van der Waals surface area contributed by atoms with Gasteiger partial charge in [0.25, 0.3) is 0 Å². The summed E-state index contributed by atoms with van der Waals surface area (Å²) in [4.78, 5) is 15.1. The molecule has 0 radical (unpaired) electrons. The Labute approximate surface area is 192 Å². The normalized spacial score (nSPS) is 14.8. The molecule has 5 heterocycles. The summed E-state index contributed by atoms with van der Waals surface area (Å²) in [6, 6.07) is 14.9. The van der Waals surface area contributed by atoms with Crippen LogP contribution < -0.4 is 0 Å². The van der Waals surface area contributed by atoms with Crippen molar-refractivity contribution in [2.24, 2.45) is 0 Å². The molecule has 0 amide bonds. The van der Waals surface area contributed by atoms with Crippen molar-refractivity contribution in [3.8, 4) is 17.1 Å². The van der Waals surface area contributed by atoms with Crippen LogP contribution in [0.1, 0.15) is 30.5 Å². The number of nitrogens with zero attached hydrogens (tertiary/aromatic N) is 6. The molecule has 33 heavy (non-hydrogen) atoms. The fraction of sp³-hybridized carbons (Fsp3) is 0.269. The van der Waals surface area contributed by atoms with E-state index in [1.807, 2.05) is 46.2 Å². The average molecular weight is 438 g/mol. The average Bonchev–Trinajstić information content (AvgIpc) is 3.61. The van der Waals surface area contributed by atoms with E-state index in [9.17, 15) is 0 Å². The van der Waals surface area contributed by atoms with Crippen molar-refractivity contribution < 1.29 is 0 Å². The first-order valence-electron chi connectivity index (χ1n) is 11.6. The Kier molecular flexibility index (Phi) is 5.24. The van der Waals surface area contributed by atoms with Crippen LogP contribution in [0.15, 0.2) is 73.6 Å². The Bertz CT molecular complexity index is 1360. The van der Waals surface area contributed by atoms with Gasteiger partial charge in [-0.2, -0.15) is 5.10 Å². The molecule has 1 aliphatic heterocycles. The molecule has 1 aromatic carbocycles. The van der Waals surface area contributed by atoms with Crippen LogP contribution in [0, 0.1) is 0 Å². The Hall–Kier alpha value is -3.71. The van der Waals surface area contributed by atoms with Gasteiger partial charge in [-0.1, -0.05) is 18.6 Å². The first kappa shape index (κ1) is 19.9. The quantitative estimate of drug-likeness (QED) is 0.420. The Morgan fingerprint density at radius 1 is 0.909 bits per heavy atom. The number of piperidine rings is 1. The van der Waals surface area contributed by atoms with Gasteiger partial charge < -0.3 is 9.55 Å². The second-order valence-electron chi connectivity index (χ2n) is 8.84. The van der Waals surface area contributed by atoms with Crippen LogP contribution in [0.4, 0.5) is 0 Å². The van der Waals surface area contributed by atoms with E-state index in [2.05, 4.69) is 50.2 Å². The molecular formula is C26H27N7. The number of aromatic amines is 1. The summed E-state index contributed by atoms with van der Waals surface area (Å²) in [5.74, 6) is 0.682. The summed E-state index contributed by atoms with van der Waals surface area (Å²) in [6.07, 6.45) is 13.4. The molecule has 0 unspecified atom stereocenters. The predicted molar refractivity (Wildman–Crippen MR) is 129 cm³/mol. The van der Waals surface area contributed by atoms with E-state index in [0.29, 0.717) is 12.4 Å². The highest BCUT2D eigenvalue weighted by molar-refractivity contribution is 5.81. The molecule has 5 aromatic rings. The van der Waals surface area contributed by atoms with Gasteiger partial charge in [0.05, 0.1) is 18.4 Å². The third-order valence-electron chi connectivity index (χ3n) is 6.35. The number of benzene rings is 1. The molecule has 4 aromatic heterocycles. The van der Waals surface area contributed by atoms with Gasteiger partial charge in [0.2, 0.25) is 0 Å². The van der Waals surface area contributed by atoms with Gasteiger partial charge in [-0.25, -0.2) is 9.67 Å². The third kappa shape index (κ3) is 4.32. The minimum atomic E-state index is 0.675. The number of H-pyrrole nitrogens is 1. The zero-order valence-corrected chi connectivity index (χ0v) is 18.6.